The summed E-state index contributed by atoms with van der Waals surface area (Å²) >= 11 is 0. The van der Waals surface area contributed by atoms with Crippen LogP contribution in [0.3, 0.4) is 0 Å². The first-order chi connectivity index (χ1) is 29.3. The number of nitrogen functional groups attached to an aromatic ring is 1. The molecule has 314 valence electrons. The molecule has 0 aliphatic carbocycles. The lowest BCUT2D eigenvalue weighted by Gasteiger charge is -2.43. The topological polar surface area (TPSA) is 167 Å². The Kier molecular flexibility index (Phi) is 11.2. The van der Waals surface area contributed by atoms with Crippen LogP contribution in [0, 0.1) is 0 Å². The Hall–Kier alpha value is -6.29. The minimum Gasteiger partial charge on any atom is -0.507 e. The van der Waals surface area contributed by atoms with E-state index >= 15 is 0 Å². The summed E-state index contributed by atoms with van der Waals surface area (Å²) in [6.45, 7) is 8.75. The number of hydrazine groups is 1. The minimum absolute atomic E-state index is 0.103. The molecule has 2 bridgehead atoms. The summed E-state index contributed by atoms with van der Waals surface area (Å²) in [4.78, 5) is 51.2. The summed E-state index contributed by atoms with van der Waals surface area (Å²) < 4.78 is 6.31. The lowest BCUT2D eigenvalue weighted by molar-refractivity contribution is -0.146. The third-order valence-corrected chi connectivity index (χ3v) is 12.5. The van der Waals surface area contributed by atoms with Crippen molar-refractivity contribution in [1.82, 2.24) is 29.9 Å². The molecule has 5 aliphatic rings. The van der Waals surface area contributed by atoms with Gasteiger partial charge in [-0.25, -0.2) is 4.79 Å². The zero-order chi connectivity index (χ0) is 41.2. The minimum atomic E-state index is -0.200. The number of nitrogens with two attached hydrogens (primary N) is 1. The number of anilines is 5. The average Bonchev–Trinajstić information content (AvgIpc) is 3.54. The molecular weight excluding hydrogens is 763 g/mol. The number of phenolic OH excluding ortho intramolecular Hbond substituents is 1. The van der Waals surface area contributed by atoms with Crippen molar-refractivity contribution < 1.29 is 24.2 Å². The molecule has 0 spiro atoms. The van der Waals surface area contributed by atoms with E-state index in [1.165, 1.54) is 5.69 Å². The van der Waals surface area contributed by atoms with Crippen LogP contribution in [-0.2, 0) is 9.59 Å². The Morgan fingerprint density at radius 2 is 1.45 bits per heavy atom. The van der Waals surface area contributed by atoms with Gasteiger partial charge in [-0.1, -0.05) is 18.2 Å². The van der Waals surface area contributed by atoms with E-state index in [2.05, 4.69) is 53.4 Å². The third-order valence-electron chi connectivity index (χ3n) is 12.5. The van der Waals surface area contributed by atoms with Crippen LogP contribution in [0.5, 0.6) is 11.5 Å². The summed E-state index contributed by atoms with van der Waals surface area (Å²) in [7, 11) is 0. The predicted octanol–water partition coefficient (Wildman–Crippen LogP) is 4.09. The second-order valence-electron chi connectivity index (χ2n) is 16.3. The number of imide groups is 1. The van der Waals surface area contributed by atoms with Gasteiger partial charge in [0.05, 0.1) is 17.1 Å². The van der Waals surface area contributed by atoms with E-state index in [0.29, 0.717) is 86.9 Å². The zero-order valence-corrected chi connectivity index (χ0v) is 33.9. The quantitative estimate of drug-likeness (QED) is 0.196. The number of amides is 4. The number of hydrogen-bond donors (Lipinski definition) is 3. The molecule has 4 aromatic rings. The van der Waals surface area contributed by atoms with Gasteiger partial charge in [0.25, 0.3) is 0 Å². The van der Waals surface area contributed by atoms with E-state index in [1.54, 1.807) is 12.1 Å². The van der Waals surface area contributed by atoms with Crippen LogP contribution in [0.1, 0.15) is 32.1 Å². The summed E-state index contributed by atoms with van der Waals surface area (Å²) in [5.41, 5.74) is 14.3. The first-order valence-electron chi connectivity index (χ1n) is 21.2. The lowest BCUT2D eigenvalue weighted by Crippen LogP contribution is -2.57. The van der Waals surface area contributed by atoms with Gasteiger partial charge in [-0.3, -0.25) is 19.9 Å². The molecule has 16 heteroatoms. The van der Waals surface area contributed by atoms with Crippen molar-refractivity contribution in [2.24, 2.45) is 0 Å². The van der Waals surface area contributed by atoms with Crippen LogP contribution in [0.2, 0.25) is 0 Å². The van der Waals surface area contributed by atoms with E-state index < -0.39 is 0 Å². The van der Waals surface area contributed by atoms with Crippen LogP contribution in [0.15, 0.2) is 78.9 Å². The van der Waals surface area contributed by atoms with Crippen molar-refractivity contribution in [2.75, 3.05) is 104 Å². The number of carbonyl (C=O) groups excluding carboxylic acids is 3. The number of urea groups is 1. The Labute approximate surface area is 350 Å². The third kappa shape index (κ3) is 8.28. The number of piperazine rings is 3. The fraction of sp³-hybridized carbons (Fsp3) is 0.432. The van der Waals surface area contributed by atoms with Crippen molar-refractivity contribution >= 4 is 46.4 Å². The van der Waals surface area contributed by atoms with Crippen molar-refractivity contribution in [1.29, 1.82) is 0 Å². The highest BCUT2D eigenvalue weighted by molar-refractivity contribution is 5.98. The van der Waals surface area contributed by atoms with Crippen molar-refractivity contribution in [2.45, 2.75) is 44.2 Å². The van der Waals surface area contributed by atoms with Gasteiger partial charge in [0, 0.05) is 120 Å². The number of aromatic nitrogens is 2. The standard InChI is InChI=1S/C44H53N11O5/c45-43-39(28-38(46-47-43)37-7-1-2-8-40(37)56)53-29-34-15-16-35(30-53)54(34)33-5-3-6-36(27-33)60-26-25-49-17-19-51(20-18-49)44(59)52-23-21-50(22-24-52)32-13-11-31(12-14-32)48-55-41(57)9-4-10-42(55)58/h1-3,5-8,11-14,27-28,34-35,48,56H,4,9-10,15-26,29-30H2,(H2,45,47). The highest BCUT2D eigenvalue weighted by Gasteiger charge is 2.41. The molecule has 2 unspecified atom stereocenters. The number of benzene rings is 3. The molecule has 16 nitrogen and oxygen atoms in total. The van der Waals surface area contributed by atoms with Gasteiger partial charge in [0.1, 0.15) is 18.1 Å². The maximum absolute atomic E-state index is 13.5. The summed E-state index contributed by atoms with van der Waals surface area (Å²) in [5, 5.41) is 20.1. The van der Waals surface area contributed by atoms with E-state index in [4.69, 9.17) is 10.5 Å². The highest BCUT2D eigenvalue weighted by Crippen LogP contribution is 2.40. The number of aromatic hydroxyl groups is 1. The van der Waals surface area contributed by atoms with E-state index in [0.717, 1.165) is 80.8 Å². The molecule has 2 atom stereocenters. The fourth-order valence-corrected chi connectivity index (χ4v) is 9.29. The highest BCUT2D eigenvalue weighted by atomic mass is 16.5. The average molecular weight is 816 g/mol. The number of hydrogen-bond acceptors (Lipinski definition) is 13. The molecule has 1 aromatic heterocycles. The van der Waals surface area contributed by atoms with Crippen LogP contribution >= 0.6 is 0 Å². The van der Waals surface area contributed by atoms with Gasteiger partial charge in [-0.05, 0) is 73.9 Å². The smallest absolute Gasteiger partial charge is 0.320 e. The molecule has 5 saturated heterocycles. The molecule has 3 aromatic carbocycles. The number of para-hydroxylation sites is 1. The molecule has 4 N–H and O–H groups in total. The second-order valence-corrected chi connectivity index (χ2v) is 16.3. The molecule has 0 saturated carbocycles. The molecular formula is C44H53N11O5. The normalized spacial score (nSPS) is 21.1. The van der Waals surface area contributed by atoms with Crippen molar-refractivity contribution in [3.05, 3.63) is 78.9 Å². The van der Waals surface area contributed by atoms with Gasteiger partial charge in [0.2, 0.25) is 11.8 Å². The second kappa shape index (κ2) is 17.1. The number of nitrogens with zero attached hydrogens (tertiary/aromatic N) is 9. The van der Waals surface area contributed by atoms with Crippen LogP contribution in [0.4, 0.5) is 33.4 Å². The van der Waals surface area contributed by atoms with E-state index in [-0.39, 0.29) is 23.6 Å². The van der Waals surface area contributed by atoms with Gasteiger partial charge >= 0.3 is 6.03 Å². The number of ether oxygens (including phenoxy) is 1. The molecule has 60 heavy (non-hydrogen) atoms. The number of fused-ring (bicyclic) bond motifs is 2. The Bertz CT molecular complexity index is 2160. The molecule has 4 amide bonds. The van der Waals surface area contributed by atoms with Gasteiger partial charge < -0.3 is 40.1 Å². The summed E-state index contributed by atoms with van der Waals surface area (Å²) in [5.74, 6) is 1.01. The van der Waals surface area contributed by atoms with E-state index in [9.17, 15) is 19.5 Å². The van der Waals surface area contributed by atoms with Crippen LogP contribution in [-0.4, -0.2) is 144 Å². The maximum atomic E-state index is 13.5. The Morgan fingerprint density at radius 3 is 2.15 bits per heavy atom. The molecule has 6 heterocycles. The number of phenols is 1. The lowest BCUT2D eigenvalue weighted by atomic mass is 10.1. The number of carbonyl (C=O) groups is 3. The molecule has 5 aliphatic heterocycles. The van der Waals surface area contributed by atoms with Crippen LogP contribution in [0.25, 0.3) is 11.3 Å². The Balaban J connectivity index is 0.711. The summed E-state index contributed by atoms with van der Waals surface area (Å²) in [6, 6.07) is 26.0. The first-order valence-corrected chi connectivity index (χ1v) is 21.2. The largest absolute Gasteiger partial charge is 0.507 e. The number of rotatable bonds is 10. The molecule has 0 radical (unpaired) electrons. The molecule has 9 rings (SSSR count). The van der Waals surface area contributed by atoms with Gasteiger partial charge in [-0.2, -0.15) is 5.01 Å². The van der Waals surface area contributed by atoms with Crippen LogP contribution < -0.4 is 30.6 Å². The maximum Gasteiger partial charge on any atom is 0.320 e. The molecule has 5 fully saturated rings. The fourth-order valence-electron chi connectivity index (χ4n) is 9.29. The predicted molar refractivity (Wildman–Crippen MR) is 230 cm³/mol. The monoisotopic (exact) mass is 815 g/mol. The van der Waals surface area contributed by atoms with Crippen molar-refractivity contribution in [3.63, 3.8) is 0 Å². The number of nitrogens with one attached hydrogen (secondary N) is 1. The SMILES string of the molecule is Nc1nnc(-c2ccccc2O)cc1N1CC2CCC(C1)N2c1cccc(OCCN2CCN(C(=O)N3CCN(c4ccc(NN5C(=O)CCCC5=O)cc4)CC3)CC2)c1. The number of piperidine rings is 1. The summed E-state index contributed by atoms with van der Waals surface area (Å²) in [6.07, 6.45) is 3.53. The first kappa shape index (κ1) is 39.2. The zero-order valence-electron chi connectivity index (χ0n) is 33.9. The Morgan fingerprint density at radius 1 is 0.767 bits per heavy atom. The van der Waals surface area contributed by atoms with E-state index in [1.807, 2.05) is 58.3 Å². The van der Waals surface area contributed by atoms with Gasteiger partial charge in [0.15, 0.2) is 5.82 Å². The van der Waals surface area contributed by atoms with Gasteiger partial charge in [-0.15, -0.1) is 10.2 Å². The van der Waals surface area contributed by atoms with Crippen molar-refractivity contribution in [3.8, 4) is 22.8 Å².